The van der Waals surface area contributed by atoms with Crippen LogP contribution in [0.5, 0.6) is 0 Å². The highest BCUT2D eigenvalue weighted by Crippen LogP contribution is 2.14. The molecule has 1 fully saturated rings. The number of nitrogens with zero attached hydrogens (tertiary/aromatic N) is 3. The Hall–Kier alpha value is -1.11. The Morgan fingerprint density at radius 3 is 1.89 bits per heavy atom. The van der Waals surface area contributed by atoms with Crippen LogP contribution in [0.2, 0.25) is 0 Å². The predicted octanol–water partition coefficient (Wildman–Crippen LogP) is -0.337. The van der Waals surface area contributed by atoms with Crippen molar-refractivity contribution in [1.82, 2.24) is 15.0 Å². The van der Waals surface area contributed by atoms with E-state index in [0.29, 0.717) is 25.7 Å². The van der Waals surface area contributed by atoms with Gasteiger partial charge in [-0.1, -0.05) is 0 Å². The van der Waals surface area contributed by atoms with Gasteiger partial charge >= 0.3 is 0 Å². The fourth-order valence-electron chi connectivity index (χ4n) is 1.70. The van der Waals surface area contributed by atoms with Gasteiger partial charge in [0.25, 0.3) is 0 Å². The number of rotatable bonds is 8. The van der Waals surface area contributed by atoms with Crippen LogP contribution in [0.1, 0.15) is 30.3 Å². The molecule has 1 aromatic heterocycles. The number of aryl methyl sites for hydroxylation is 2. The van der Waals surface area contributed by atoms with Crippen molar-refractivity contribution < 1.29 is 14.9 Å². The van der Waals surface area contributed by atoms with Gasteiger partial charge in [-0.3, -0.25) is 0 Å². The maximum atomic E-state index is 8.84. The van der Waals surface area contributed by atoms with Gasteiger partial charge in [0, 0.05) is 32.5 Å². The third-order valence-corrected chi connectivity index (χ3v) is 2.70. The lowest BCUT2D eigenvalue weighted by atomic mass is 10.2. The lowest BCUT2D eigenvalue weighted by Gasteiger charge is -2.05. The van der Waals surface area contributed by atoms with Crippen molar-refractivity contribution in [1.29, 1.82) is 0 Å². The molecule has 1 aliphatic rings. The van der Waals surface area contributed by atoms with Gasteiger partial charge in [-0.2, -0.15) is 0 Å². The molecule has 6 heteroatoms. The first-order valence-corrected chi connectivity index (χ1v) is 6.38. The van der Waals surface area contributed by atoms with Gasteiger partial charge in [0.2, 0.25) is 0 Å². The molecule has 6 nitrogen and oxygen atoms in total. The SMILES string of the molecule is OCCCc1nc(CCCO)nc(CC2CO2)n1. The summed E-state index contributed by atoms with van der Waals surface area (Å²) in [5.74, 6) is 2.21. The Kier molecular flexibility index (Phi) is 4.98. The number of hydrogen-bond donors (Lipinski definition) is 2. The Morgan fingerprint density at radius 2 is 1.44 bits per heavy atom. The van der Waals surface area contributed by atoms with E-state index in [4.69, 9.17) is 14.9 Å². The highest BCUT2D eigenvalue weighted by Gasteiger charge is 2.24. The minimum absolute atomic E-state index is 0.138. The highest BCUT2D eigenvalue weighted by molar-refractivity contribution is 5.01. The maximum Gasteiger partial charge on any atom is 0.135 e. The second-order valence-corrected chi connectivity index (χ2v) is 4.40. The van der Waals surface area contributed by atoms with Gasteiger partial charge in [-0.05, 0) is 12.8 Å². The van der Waals surface area contributed by atoms with Crippen molar-refractivity contribution in [3.05, 3.63) is 17.5 Å². The average molecular weight is 253 g/mol. The van der Waals surface area contributed by atoms with Gasteiger partial charge in [0.05, 0.1) is 12.7 Å². The summed E-state index contributed by atoms with van der Waals surface area (Å²) in [6.07, 6.45) is 3.60. The molecule has 0 bridgehead atoms. The zero-order chi connectivity index (χ0) is 12.8. The average Bonchev–Trinajstić information content (AvgIpc) is 3.17. The molecule has 0 spiro atoms. The topological polar surface area (TPSA) is 91.7 Å². The van der Waals surface area contributed by atoms with Gasteiger partial charge in [0.1, 0.15) is 17.5 Å². The summed E-state index contributed by atoms with van der Waals surface area (Å²) in [5, 5.41) is 17.7. The van der Waals surface area contributed by atoms with Crippen molar-refractivity contribution in [2.24, 2.45) is 0 Å². The smallest absolute Gasteiger partial charge is 0.135 e. The minimum Gasteiger partial charge on any atom is -0.396 e. The molecule has 0 saturated carbocycles. The number of ether oxygens (including phenoxy) is 1. The Balaban J connectivity index is 2.05. The second kappa shape index (κ2) is 6.72. The summed E-state index contributed by atoms with van der Waals surface area (Å²) in [6.45, 7) is 1.06. The van der Waals surface area contributed by atoms with Crippen LogP contribution in [0.15, 0.2) is 0 Å². The van der Waals surface area contributed by atoms with Crippen LogP contribution < -0.4 is 0 Å². The normalized spacial score (nSPS) is 18.0. The first-order chi connectivity index (χ1) is 8.81. The van der Waals surface area contributed by atoms with E-state index in [1.54, 1.807) is 0 Å². The molecule has 0 amide bonds. The van der Waals surface area contributed by atoms with Crippen molar-refractivity contribution >= 4 is 0 Å². The van der Waals surface area contributed by atoms with E-state index in [2.05, 4.69) is 15.0 Å². The zero-order valence-corrected chi connectivity index (χ0v) is 10.4. The summed E-state index contributed by atoms with van der Waals surface area (Å²) < 4.78 is 5.17. The largest absolute Gasteiger partial charge is 0.396 e. The first kappa shape index (κ1) is 13.3. The monoisotopic (exact) mass is 253 g/mol. The lowest BCUT2D eigenvalue weighted by Crippen LogP contribution is -2.11. The van der Waals surface area contributed by atoms with E-state index in [1.165, 1.54) is 0 Å². The first-order valence-electron chi connectivity index (χ1n) is 6.38. The molecule has 0 radical (unpaired) electrons. The van der Waals surface area contributed by atoms with E-state index < -0.39 is 0 Å². The molecule has 2 heterocycles. The Morgan fingerprint density at radius 1 is 0.944 bits per heavy atom. The molecular weight excluding hydrogens is 234 g/mol. The fraction of sp³-hybridized carbons (Fsp3) is 0.750. The highest BCUT2D eigenvalue weighted by atomic mass is 16.6. The summed E-state index contributed by atoms with van der Waals surface area (Å²) in [7, 11) is 0. The molecular formula is C12H19N3O3. The number of aromatic nitrogens is 3. The van der Waals surface area contributed by atoms with E-state index >= 15 is 0 Å². The molecule has 0 aliphatic carbocycles. The van der Waals surface area contributed by atoms with Crippen LogP contribution in [0.3, 0.4) is 0 Å². The van der Waals surface area contributed by atoms with Crippen molar-refractivity contribution in [3.63, 3.8) is 0 Å². The summed E-state index contributed by atoms with van der Waals surface area (Å²) in [4.78, 5) is 13.1. The Bertz CT molecular complexity index is 357. The molecule has 18 heavy (non-hydrogen) atoms. The molecule has 1 aliphatic heterocycles. The van der Waals surface area contributed by atoms with Crippen LogP contribution in [0.4, 0.5) is 0 Å². The van der Waals surface area contributed by atoms with Crippen LogP contribution in [-0.2, 0) is 24.0 Å². The molecule has 1 aromatic rings. The van der Waals surface area contributed by atoms with Gasteiger partial charge in [-0.25, -0.2) is 15.0 Å². The van der Waals surface area contributed by atoms with Crippen LogP contribution in [0.25, 0.3) is 0 Å². The second-order valence-electron chi connectivity index (χ2n) is 4.40. The van der Waals surface area contributed by atoms with Gasteiger partial charge < -0.3 is 14.9 Å². The van der Waals surface area contributed by atoms with Crippen molar-refractivity contribution in [2.75, 3.05) is 19.8 Å². The number of epoxide rings is 1. The van der Waals surface area contributed by atoms with Crippen molar-refractivity contribution in [2.45, 2.75) is 38.2 Å². The van der Waals surface area contributed by atoms with E-state index in [9.17, 15) is 0 Å². The van der Waals surface area contributed by atoms with Crippen LogP contribution >= 0.6 is 0 Å². The van der Waals surface area contributed by atoms with E-state index in [1.807, 2.05) is 0 Å². The summed E-state index contributed by atoms with van der Waals surface area (Å²) >= 11 is 0. The Labute approximate surface area is 106 Å². The predicted molar refractivity (Wildman–Crippen MR) is 64.1 cm³/mol. The third-order valence-electron chi connectivity index (χ3n) is 2.70. The molecule has 1 unspecified atom stereocenters. The summed E-state index contributed by atoms with van der Waals surface area (Å²) in [6, 6.07) is 0. The van der Waals surface area contributed by atoms with Gasteiger partial charge in [-0.15, -0.1) is 0 Å². The number of aliphatic hydroxyl groups excluding tert-OH is 2. The molecule has 1 atom stereocenters. The number of aliphatic hydroxyl groups is 2. The molecule has 0 aromatic carbocycles. The molecule has 100 valence electrons. The van der Waals surface area contributed by atoms with Crippen molar-refractivity contribution in [3.8, 4) is 0 Å². The molecule has 2 N–H and O–H groups in total. The summed E-state index contributed by atoms with van der Waals surface area (Å²) in [5.41, 5.74) is 0. The lowest BCUT2D eigenvalue weighted by molar-refractivity contribution is 0.286. The molecule has 1 saturated heterocycles. The molecule has 2 rings (SSSR count). The number of hydrogen-bond acceptors (Lipinski definition) is 6. The van der Waals surface area contributed by atoms with Gasteiger partial charge in [0.15, 0.2) is 0 Å². The fourth-order valence-corrected chi connectivity index (χ4v) is 1.70. The standard InChI is InChI=1S/C12H19N3O3/c16-5-1-3-10-13-11(4-2-6-17)15-12(14-10)7-9-8-18-9/h9,16-17H,1-8H2. The van der Waals surface area contributed by atoms with E-state index in [-0.39, 0.29) is 19.3 Å². The zero-order valence-electron chi connectivity index (χ0n) is 10.4. The quantitative estimate of drug-likeness (QED) is 0.616. The maximum absolute atomic E-state index is 8.84. The van der Waals surface area contributed by atoms with Crippen LogP contribution in [-0.4, -0.2) is 51.1 Å². The van der Waals surface area contributed by atoms with E-state index in [0.717, 1.165) is 30.5 Å². The van der Waals surface area contributed by atoms with Crippen LogP contribution in [0, 0.1) is 0 Å². The minimum atomic E-state index is 0.138. The third kappa shape index (κ3) is 4.29.